The summed E-state index contributed by atoms with van der Waals surface area (Å²) in [6.07, 6.45) is 0.892. The summed E-state index contributed by atoms with van der Waals surface area (Å²) in [5, 5.41) is 0.275. The van der Waals surface area contributed by atoms with Gasteiger partial charge in [0.1, 0.15) is 0 Å². The quantitative estimate of drug-likeness (QED) is 0.838. The Morgan fingerprint density at radius 3 is 2.38 bits per heavy atom. The van der Waals surface area contributed by atoms with Gasteiger partial charge in [0.15, 0.2) is 11.5 Å². The average Bonchev–Trinajstić information content (AvgIpc) is 3.08. The van der Waals surface area contributed by atoms with Gasteiger partial charge in [-0.3, -0.25) is 20.4 Å². The fourth-order valence-electron chi connectivity index (χ4n) is 2.25. The number of carbonyl (C=O) groups is 2. The summed E-state index contributed by atoms with van der Waals surface area (Å²) >= 11 is 6.03. The van der Waals surface area contributed by atoms with Crippen LogP contribution in [-0.2, 0) is 6.42 Å². The maximum absolute atomic E-state index is 12.2. The first-order valence-corrected chi connectivity index (χ1v) is 7.75. The highest BCUT2D eigenvalue weighted by Crippen LogP contribution is 2.39. The lowest BCUT2D eigenvalue weighted by Crippen LogP contribution is -2.41. The van der Waals surface area contributed by atoms with Gasteiger partial charge in [-0.05, 0) is 36.2 Å². The average molecular weight is 347 g/mol. The first kappa shape index (κ1) is 16.1. The zero-order valence-corrected chi connectivity index (χ0v) is 13.6. The Kier molecular flexibility index (Phi) is 4.57. The normalized spacial score (nSPS) is 11.9. The van der Waals surface area contributed by atoms with E-state index < -0.39 is 11.8 Å². The number of amides is 2. The van der Waals surface area contributed by atoms with Crippen molar-refractivity contribution in [2.24, 2.45) is 0 Å². The smallest absolute Gasteiger partial charge is 0.269 e. The molecule has 2 amide bonds. The number of halogens is 1. The lowest BCUT2D eigenvalue weighted by molar-refractivity contribution is 0.0846. The van der Waals surface area contributed by atoms with Crippen LogP contribution in [0.15, 0.2) is 36.4 Å². The van der Waals surface area contributed by atoms with E-state index in [4.69, 9.17) is 21.1 Å². The SMILES string of the molecule is CCc1ccc(C(=O)NNC(=O)c2cc(Cl)c3c(c2)OCO3)cc1. The third kappa shape index (κ3) is 3.28. The number of benzene rings is 2. The first-order chi connectivity index (χ1) is 11.6. The number of nitrogens with one attached hydrogen (secondary N) is 2. The summed E-state index contributed by atoms with van der Waals surface area (Å²) in [6.45, 7) is 2.09. The van der Waals surface area contributed by atoms with Crippen molar-refractivity contribution in [3.05, 3.63) is 58.1 Å². The third-order valence-corrected chi connectivity index (χ3v) is 3.88. The number of ether oxygens (including phenoxy) is 2. The number of hydrogen-bond acceptors (Lipinski definition) is 4. The second-order valence-corrected chi connectivity index (χ2v) is 5.56. The number of aryl methyl sites for hydroxylation is 1. The minimum Gasteiger partial charge on any atom is -0.454 e. The Hall–Kier alpha value is -2.73. The molecule has 0 spiro atoms. The molecule has 1 aliphatic heterocycles. The summed E-state index contributed by atoms with van der Waals surface area (Å²) in [6, 6.07) is 10.1. The monoisotopic (exact) mass is 346 g/mol. The van der Waals surface area contributed by atoms with Crippen molar-refractivity contribution in [3.63, 3.8) is 0 Å². The van der Waals surface area contributed by atoms with E-state index in [9.17, 15) is 9.59 Å². The Labute approximate surface area is 143 Å². The lowest BCUT2D eigenvalue weighted by atomic mass is 10.1. The van der Waals surface area contributed by atoms with Crippen LogP contribution in [0.2, 0.25) is 5.02 Å². The van der Waals surface area contributed by atoms with E-state index in [1.807, 2.05) is 19.1 Å². The molecule has 0 saturated heterocycles. The van der Waals surface area contributed by atoms with Crippen LogP contribution in [0.25, 0.3) is 0 Å². The number of rotatable bonds is 3. The van der Waals surface area contributed by atoms with E-state index in [0.29, 0.717) is 17.1 Å². The molecule has 0 unspecified atom stereocenters. The van der Waals surface area contributed by atoms with Crippen LogP contribution in [-0.4, -0.2) is 18.6 Å². The van der Waals surface area contributed by atoms with Gasteiger partial charge in [0.25, 0.3) is 11.8 Å². The molecule has 1 heterocycles. The van der Waals surface area contributed by atoms with Crippen LogP contribution in [0.4, 0.5) is 0 Å². The third-order valence-electron chi connectivity index (χ3n) is 3.60. The van der Waals surface area contributed by atoms with E-state index >= 15 is 0 Å². The Balaban J connectivity index is 1.65. The second-order valence-electron chi connectivity index (χ2n) is 5.15. The molecule has 3 rings (SSSR count). The predicted molar refractivity (Wildman–Crippen MR) is 88.3 cm³/mol. The molecule has 0 bridgehead atoms. The van der Waals surface area contributed by atoms with Crippen molar-refractivity contribution in [3.8, 4) is 11.5 Å². The summed E-state index contributed by atoms with van der Waals surface area (Å²) in [4.78, 5) is 24.2. The second kappa shape index (κ2) is 6.80. The molecule has 2 aromatic carbocycles. The van der Waals surface area contributed by atoms with Gasteiger partial charge in [-0.15, -0.1) is 0 Å². The van der Waals surface area contributed by atoms with Crippen LogP contribution < -0.4 is 20.3 Å². The largest absolute Gasteiger partial charge is 0.454 e. The molecule has 0 fully saturated rings. The molecule has 1 aliphatic rings. The van der Waals surface area contributed by atoms with Gasteiger partial charge >= 0.3 is 0 Å². The highest BCUT2D eigenvalue weighted by atomic mass is 35.5. The highest BCUT2D eigenvalue weighted by Gasteiger charge is 2.21. The molecule has 2 N–H and O–H groups in total. The van der Waals surface area contributed by atoms with Gasteiger partial charge < -0.3 is 9.47 Å². The maximum Gasteiger partial charge on any atom is 0.269 e. The minimum atomic E-state index is -0.506. The van der Waals surface area contributed by atoms with E-state index in [2.05, 4.69) is 10.9 Å². The fourth-order valence-corrected chi connectivity index (χ4v) is 2.51. The molecule has 0 saturated carbocycles. The predicted octanol–water partition coefficient (Wildman–Crippen LogP) is 2.71. The van der Waals surface area contributed by atoms with Crippen LogP contribution >= 0.6 is 11.6 Å². The minimum absolute atomic E-state index is 0.0601. The molecule has 7 heteroatoms. The molecule has 0 radical (unpaired) electrons. The van der Waals surface area contributed by atoms with E-state index in [1.165, 1.54) is 12.1 Å². The zero-order valence-electron chi connectivity index (χ0n) is 12.9. The topological polar surface area (TPSA) is 76.7 Å². The van der Waals surface area contributed by atoms with Crippen LogP contribution in [0.3, 0.4) is 0 Å². The molecule has 6 nitrogen and oxygen atoms in total. The summed E-state index contributed by atoms with van der Waals surface area (Å²) < 4.78 is 10.4. The number of carbonyl (C=O) groups excluding carboxylic acids is 2. The van der Waals surface area contributed by atoms with Crippen molar-refractivity contribution >= 4 is 23.4 Å². The maximum atomic E-state index is 12.2. The lowest BCUT2D eigenvalue weighted by Gasteiger charge is -2.09. The molecule has 124 valence electrons. The van der Waals surface area contributed by atoms with Gasteiger partial charge in [-0.25, -0.2) is 0 Å². The molecular formula is C17H15ClN2O4. The van der Waals surface area contributed by atoms with Crippen molar-refractivity contribution < 1.29 is 19.1 Å². The van der Waals surface area contributed by atoms with Crippen molar-refractivity contribution in [1.29, 1.82) is 0 Å². The van der Waals surface area contributed by atoms with Crippen LogP contribution in [0.1, 0.15) is 33.2 Å². The molecule has 0 aliphatic carbocycles. The van der Waals surface area contributed by atoms with Gasteiger partial charge in [0.05, 0.1) is 5.02 Å². The van der Waals surface area contributed by atoms with Crippen molar-refractivity contribution in [1.82, 2.24) is 10.9 Å². The van der Waals surface area contributed by atoms with Gasteiger partial charge in [-0.1, -0.05) is 30.7 Å². The fraction of sp³-hybridized carbons (Fsp3) is 0.176. The van der Waals surface area contributed by atoms with Crippen LogP contribution in [0.5, 0.6) is 11.5 Å². The van der Waals surface area contributed by atoms with Crippen LogP contribution in [0, 0.1) is 0 Å². The zero-order chi connectivity index (χ0) is 17.1. The first-order valence-electron chi connectivity index (χ1n) is 7.37. The number of hydrazine groups is 1. The van der Waals surface area contributed by atoms with E-state index in [1.54, 1.807) is 12.1 Å². The Morgan fingerprint density at radius 1 is 1.04 bits per heavy atom. The molecule has 24 heavy (non-hydrogen) atoms. The molecular weight excluding hydrogens is 332 g/mol. The van der Waals surface area contributed by atoms with E-state index in [0.717, 1.165) is 12.0 Å². The Morgan fingerprint density at radius 2 is 1.71 bits per heavy atom. The molecule has 0 atom stereocenters. The standard InChI is InChI=1S/C17H15ClN2O4/c1-2-10-3-5-11(6-4-10)16(21)19-20-17(22)12-7-13(18)15-14(8-12)23-9-24-15/h3-8H,2,9H2,1H3,(H,19,21)(H,20,22). The van der Waals surface area contributed by atoms with Gasteiger partial charge in [0, 0.05) is 11.1 Å². The van der Waals surface area contributed by atoms with E-state index in [-0.39, 0.29) is 17.4 Å². The van der Waals surface area contributed by atoms with Crippen molar-refractivity contribution in [2.75, 3.05) is 6.79 Å². The van der Waals surface area contributed by atoms with Gasteiger partial charge in [0.2, 0.25) is 6.79 Å². The summed E-state index contributed by atoms with van der Waals surface area (Å²) in [5.41, 5.74) is 6.56. The summed E-state index contributed by atoms with van der Waals surface area (Å²) in [5.74, 6) is -0.103. The highest BCUT2D eigenvalue weighted by molar-refractivity contribution is 6.32. The number of fused-ring (bicyclic) bond motifs is 1. The van der Waals surface area contributed by atoms with Crippen molar-refractivity contribution in [2.45, 2.75) is 13.3 Å². The van der Waals surface area contributed by atoms with Gasteiger partial charge in [-0.2, -0.15) is 0 Å². The number of hydrogen-bond donors (Lipinski definition) is 2. The molecule has 0 aromatic heterocycles. The Bertz CT molecular complexity index is 790. The summed E-state index contributed by atoms with van der Waals surface area (Å²) in [7, 11) is 0. The molecule has 2 aromatic rings.